The van der Waals surface area contributed by atoms with Crippen molar-refractivity contribution in [3.63, 3.8) is 0 Å². The van der Waals surface area contributed by atoms with E-state index in [0.717, 1.165) is 5.56 Å². The minimum absolute atomic E-state index is 0.0123. The Hall–Kier alpha value is -1.05. The second-order valence-electron chi connectivity index (χ2n) is 5.15. The van der Waals surface area contributed by atoms with Crippen molar-refractivity contribution in [3.05, 3.63) is 35.1 Å². The van der Waals surface area contributed by atoms with Crippen LogP contribution in [0.15, 0.2) is 18.2 Å². The Labute approximate surface area is 123 Å². The SMILES string of the molecule is CN(Cc1ccc(F)c(C(N)=S)c1)C1CCS(=O)(=O)C1. The molecule has 0 radical (unpaired) electrons. The van der Waals surface area contributed by atoms with E-state index < -0.39 is 15.7 Å². The van der Waals surface area contributed by atoms with Crippen molar-refractivity contribution in [2.75, 3.05) is 18.6 Å². The van der Waals surface area contributed by atoms with E-state index in [1.807, 2.05) is 11.9 Å². The Morgan fingerprint density at radius 3 is 2.80 bits per heavy atom. The molecule has 0 bridgehead atoms. The first-order valence-corrected chi connectivity index (χ1v) is 8.50. The summed E-state index contributed by atoms with van der Waals surface area (Å²) in [5.41, 5.74) is 6.56. The average Bonchev–Trinajstić information content (AvgIpc) is 2.72. The number of hydrogen-bond acceptors (Lipinski definition) is 4. The number of thiocarbonyl (C=S) groups is 1. The molecule has 2 rings (SSSR count). The van der Waals surface area contributed by atoms with Crippen LogP contribution in [0.25, 0.3) is 0 Å². The molecular weight excluding hydrogens is 299 g/mol. The normalized spacial score (nSPS) is 21.2. The Bertz CT molecular complexity index is 631. The fraction of sp³-hybridized carbons (Fsp3) is 0.462. The number of nitrogens with zero attached hydrogens (tertiary/aromatic N) is 1. The third kappa shape index (κ3) is 3.53. The van der Waals surface area contributed by atoms with Crippen molar-refractivity contribution < 1.29 is 12.8 Å². The predicted molar refractivity (Wildman–Crippen MR) is 80.8 cm³/mol. The van der Waals surface area contributed by atoms with Crippen molar-refractivity contribution in [1.82, 2.24) is 4.90 Å². The molecule has 4 nitrogen and oxygen atoms in total. The molecule has 0 saturated carbocycles. The molecule has 1 aliphatic heterocycles. The molecule has 1 aromatic carbocycles. The lowest BCUT2D eigenvalue weighted by atomic mass is 10.1. The first-order valence-electron chi connectivity index (χ1n) is 6.27. The monoisotopic (exact) mass is 316 g/mol. The molecule has 1 atom stereocenters. The molecule has 20 heavy (non-hydrogen) atoms. The average molecular weight is 316 g/mol. The van der Waals surface area contributed by atoms with E-state index in [-0.39, 0.29) is 28.1 Å². The second kappa shape index (κ2) is 5.75. The zero-order valence-electron chi connectivity index (χ0n) is 11.2. The fourth-order valence-electron chi connectivity index (χ4n) is 2.40. The number of halogens is 1. The van der Waals surface area contributed by atoms with Gasteiger partial charge < -0.3 is 5.73 Å². The molecule has 1 aliphatic rings. The first kappa shape index (κ1) is 15.3. The van der Waals surface area contributed by atoms with Gasteiger partial charge >= 0.3 is 0 Å². The Morgan fingerprint density at radius 2 is 2.25 bits per heavy atom. The van der Waals surface area contributed by atoms with Crippen LogP contribution in [0.2, 0.25) is 0 Å². The van der Waals surface area contributed by atoms with Crippen molar-refractivity contribution >= 4 is 27.0 Å². The van der Waals surface area contributed by atoms with Crippen LogP contribution >= 0.6 is 12.2 Å². The number of benzene rings is 1. The van der Waals surface area contributed by atoms with Crippen LogP contribution in [0.1, 0.15) is 17.5 Å². The molecule has 2 N–H and O–H groups in total. The Balaban J connectivity index is 2.10. The third-order valence-corrected chi connectivity index (χ3v) is 5.53. The minimum Gasteiger partial charge on any atom is -0.389 e. The number of nitrogens with two attached hydrogens (primary N) is 1. The highest BCUT2D eigenvalue weighted by Crippen LogP contribution is 2.19. The largest absolute Gasteiger partial charge is 0.389 e. The van der Waals surface area contributed by atoms with Gasteiger partial charge in [-0.1, -0.05) is 18.3 Å². The molecule has 0 spiro atoms. The van der Waals surface area contributed by atoms with E-state index in [4.69, 9.17) is 18.0 Å². The smallest absolute Gasteiger partial charge is 0.151 e. The van der Waals surface area contributed by atoms with Crippen LogP contribution in [-0.2, 0) is 16.4 Å². The van der Waals surface area contributed by atoms with Gasteiger partial charge in [0.2, 0.25) is 0 Å². The summed E-state index contributed by atoms with van der Waals surface area (Å²) in [5, 5.41) is 0. The molecule has 1 aromatic rings. The van der Waals surface area contributed by atoms with Gasteiger partial charge in [-0.3, -0.25) is 4.90 Å². The Morgan fingerprint density at radius 1 is 1.55 bits per heavy atom. The molecule has 7 heteroatoms. The number of sulfone groups is 1. The van der Waals surface area contributed by atoms with E-state index in [2.05, 4.69) is 0 Å². The number of rotatable bonds is 4. The quantitative estimate of drug-likeness (QED) is 0.842. The van der Waals surface area contributed by atoms with Crippen molar-refractivity contribution in [1.29, 1.82) is 0 Å². The van der Waals surface area contributed by atoms with Gasteiger partial charge in [0.15, 0.2) is 9.84 Å². The van der Waals surface area contributed by atoms with Crippen LogP contribution < -0.4 is 5.73 Å². The van der Waals surface area contributed by atoms with E-state index in [0.29, 0.717) is 13.0 Å². The van der Waals surface area contributed by atoms with Gasteiger partial charge in [-0.25, -0.2) is 12.8 Å². The van der Waals surface area contributed by atoms with Crippen LogP contribution in [-0.4, -0.2) is 42.9 Å². The molecule has 1 fully saturated rings. The summed E-state index contributed by atoms with van der Waals surface area (Å²) in [7, 11) is -1.03. The lowest BCUT2D eigenvalue weighted by Gasteiger charge is -2.23. The zero-order valence-corrected chi connectivity index (χ0v) is 12.8. The van der Waals surface area contributed by atoms with Crippen molar-refractivity contribution in [2.45, 2.75) is 19.0 Å². The summed E-state index contributed by atoms with van der Waals surface area (Å²) < 4.78 is 36.5. The van der Waals surface area contributed by atoms with Gasteiger partial charge in [-0.2, -0.15) is 0 Å². The third-order valence-electron chi connectivity index (χ3n) is 3.56. The maximum absolute atomic E-state index is 13.5. The highest BCUT2D eigenvalue weighted by atomic mass is 32.2. The lowest BCUT2D eigenvalue weighted by Crippen LogP contribution is -2.32. The standard InChI is InChI=1S/C13H17FN2O2S2/c1-16(10-4-5-20(17,18)8-10)7-9-2-3-12(14)11(6-9)13(15)19/h2-3,6,10H,4-5,7-8H2,1H3,(H2,15,19). The van der Waals surface area contributed by atoms with E-state index in [1.165, 1.54) is 6.07 Å². The molecule has 0 aliphatic carbocycles. The molecule has 110 valence electrons. The maximum atomic E-state index is 13.5. The molecule has 1 unspecified atom stereocenters. The number of hydrogen-bond donors (Lipinski definition) is 1. The zero-order chi connectivity index (χ0) is 14.9. The second-order valence-corrected chi connectivity index (χ2v) is 7.82. The molecule has 0 aromatic heterocycles. The molecule has 1 saturated heterocycles. The highest BCUT2D eigenvalue weighted by Gasteiger charge is 2.30. The molecule has 1 heterocycles. The highest BCUT2D eigenvalue weighted by molar-refractivity contribution is 7.91. The van der Waals surface area contributed by atoms with Crippen LogP contribution in [0, 0.1) is 5.82 Å². The van der Waals surface area contributed by atoms with E-state index >= 15 is 0 Å². The van der Waals surface area contributed by atoms with Gasteiger partial charge in [0, 0.05) is 18.2 Å². The summed E-state index contributed by atoms with van der Waals surface area (Å²) in [4.78, 5) is 2.00. The van der Waals surface area contributed by atoms with E-state index in [9.17, 15) is 12.8 Å². The van der Waals surface area contributed by atoms with E-state index in [1.54, 1.807) is 12.1 Å². The van der Waals surface area contributed by atoms with Gasteiger partial charge in [0.1, 0.15) is 10.8 Å². The van der Waals surface area contributed by atoms with Crippen LogP contribution in [0.3, 0.4) is 0 Å². The Kier molecular flexibility index (Phi) is 4.41. The van der Waals surface area contributed by atoms with Gasteiger partial charge in [0.25, 0.3) is 0 Å². The van der Waals surface area contributed by atoms with Crippen molar-refractivity contribution in [3.8, 4) is 0 Å². The summed E-state index contributed by atoms with van der Waals surface area (Å²) in [5.74, 6) is -0.0106. The lowest BCUT2D eigenvalue weighted by molar-refractivity contribution is 0.254. The topological polar surface area (TPSA) is 63.4 Å². The van der Waals surface area contributed by atoms with Gasteiger partial charge in [0.05, 0.1) is 11.5 Å². The summed E-state index contributed by atoms with van der Waals surface area (Å²) in [6, 6.07) is 4.64. The van der Waals surface area contributed by atoms with Gasteiger partial charge in [-0.05, 0) is 31.2 Å². The molecule has 0 amide bonds. The molecular formula is C13H17FN2O2S2. The predicted octanol–water partition coefficient (Wildman–Crippen LogP) is 1.08. The minimum atomic E-state index is -2.90. The van der Waals surface area contributed by atoms with Crippen LogP contribution in [0.4, 0.5) is 4.39 Å². The fourth-order valence-corrected chi connectivity index (χ4v) is 4.36. The summed E-state index contributed by atoms with van der Waals surface area (Å²) in [6.07, 6.45) is 0.641. The van der Waals surface area contributed by atoms with Gasteiger partial charge in [-0.15, -0.1) is 0 Å². The maximum Gasteiger partial charge on any atom is 0.151 e. The summed E-state index contributed by atoms with van der Waals surface area (Å²) in [6.45, 7) is 0.538. The first-order chi connectivity index (χ1) is 9.28. The van der Waals surface area contributed by atoms with Crippen LogP contribution in [0.5, 0.6) is 0 Å². The summed E-state index contributed by atoms with van der Waals surface area (Å²) >= 11 is 4.80. The van der Waals surface area contributed by atoms with Crippen molar-refractivity contribution in [2.24, 2.45) is 5.73 Å².